The Bertz CT molecular complexity index is 160. The zero-order chi connectivity index (χ0) is 12.3. The predicted octanol–water partition coefficient (Wildman–Crippen LogP) is 3.18. The highest BCUT2D eigenvalue weighted by molar-refractivity contribution is 4.74. The van der Waals surface area contributed by atoms with Crippen LogP contribution >= 0.6 is 0 Å². The fourth-order valence-electron chi connectivity index (χ4n) is 2.88. The van der Waals surface area contributed by atoms with E-state index in [-0.39, 0.29) is 0 Å². The molecule has 0 saturated heterocycles. The fourth-order valence-corrected chi connectivity index (χ4v) is 2.88. The summed E-state index contributed by atoms with van der Waals surface area (Å²) in [6.45, 7) is 9.04. The van der Waals surface area contributed by atoms with Crippen molar-refractivity contribution >= 4 is 0 Å². The summed E-state index contributed by atoms with van der Waals surface area (Å²) >= 11 is 0. The summed E-state index contributed by atoms with van der Waals surface area (Å²) in [5.41, 5.74) is 0. The standard InChI is InChI=1S/C15H32N2/c1-3-5-6-14-7-9-15(10-8-14)13-17-12-11-16-4-2/h14-17H,3-13H2,1-2H3. The lowest BCUT2D eigenvalue weighted by Crippen LogP contribution is -2.32. The molecule has 0 radical (unpaired) electrons. The van der Waals surface area contributed by atoms with Gasteiger partial charge in [-0.1, -0.05) is 46.0 Å². The summed E-state index contributed by atoms with van der Waals surface area (Å²) in [6, 6.07) is 0. The van der Waals surface area contributed by atoms with Gasteiger partial charge < -0.3 is 10.6 Å². The molecule has 1 rings (SSSR count). The van der Waals surface area contributed by atoms with E-state index in [2.05, 4.69) is 24.5 Å². The summed E-state index contributed by atoms with van der Waals surface area (Å²) in [5.74, 6) is 2.00. The Morgan fingerprint density at radius 2 is 1.53 bits per heavy atom. The molecule has 0 aromatic heterocycles. The zero-order valence-electron chi connectivity index (χ0n) is 11.9. The van der Waals surface area contributed by atoms with Gasteiger partial charge in [-0.25, -0.2) is 0 Å². The van der Waals surface area contributed by atoms with Gasteiger partial charge in [0.15, 0.2) is 0 Å². The van der Waals surface area contributed by atoms with Crippen LogP contribution in [0.3, 0.4) is 0 Å². The number of unbranched alkanes of at least 4 members (excludes halogenated alkanes) is 1. The van der Waals surface area contributed by atoms with E-state index in [0.717, 1.165) is 31.5 Å². The van der Waals surface area contributed by atoms with E-state index in [1.165, 1.54) is 51.5 Å². The van der Waals surface area contributed by atoms with E-state index in [9.17, 15) is 0 Å². The van der Waals surface area contributed by atoms with Crippen molar-refractivity contribution in [3.8, 4) is 0 Å². The number of hydrogen-bond donors (Lipinski definition) is 2. The molecular weight excluding hydrogens is 208 g/mol. The first-order chi connectivity index (χ1) is 8.36. The van der Waals surface area contributed by atoms with Gasteiger partial charge in [0.05, 0.1) is 0 Å². The van der Waals surface area contributed by atoms with Crippen LogP contribution in [0.2, 0.25) is 0 Å². The average Bonchev–Trinajstić information content (AvgIpc) is 2.37. The molecule has 0 atom stereocenters. The summed E-state index contributed by atoms with van der Waals surface area (Å²) in [7, 11) is 0. The van der Waals surface area contributed by atoms with Crippen LogP contribution in [0.5, 0.6) is 0 Å². The number of rotatable bonds is 9. The Kier molecular flexibility index (Phi) is 8.72. The molecule has 17 heavy (non-hydrogen) atoms. The van der Waals surface area contributed by atoms with E-state index >= 15 is 0 Å². The highest BCUT2D eigenvalue weighted by Crippen LogP contribution is 2.31. The predicted molar refractivity (Wildman–Crippen MR) is 76.4 cm³/mol. The first kappa shape index (κ1) is 15.0. The van der Waals surface area contributed by atoms with Crippen molar-refractivity contribution in [2.24, 2.45) is 11.8 Å². The Balaban J connectivity index is 1.95. The topological polar surface area (TPSA) is 24.1 Å². The van der Waals surface area contributed by atoms with Crippen molar-refractivity contribution in [1.29, 1.82) is 0 Å². The molecule has 0 heterocycles. The van der Waals surface area contributed by atoms with Crippen molar-refractivity contribution in [3.05, 3.63) is 0 Å². The third-order valence-electron chi connectivity index (χ3n) is 4.09. The average molecular weight is 240 g/mol. The Morgan fingerprint density at radius 3 is 2.18 bits per heavy atom. The maximum Gasteiger partial charge on any atom is 0.00768 e. The van der Waals surface area contributed by atoms with E-state index in [0.29, 0.717) is 0 Å². The van der Waals surface area contributed by atoms with Gasteiger partial charge in [0.25, 0.3) is 0 Å². The van der Waals surface area contributed by atoms with Gasteiger partial charge in [0.2, 0.25) is 0 Å². The molecule has 102 valence electrons. The van der Waals surface area contributed by atoms with Gasteiger partial charge in [-0.3, -0.25) is 0 Å². The third-order valence-corrected chi connectivity index (χ3v) is 4.09. The number of nitrogens with one attached hydrogen (secondary N) is 2. The first-order valence-electron chi connectivity index (χ1n) is 7.78. The van der Waals surface area contributed by atoms with E-state index in [4.69, 9.17) is 0 Å². The maximum atomic E-state index is 3.59. The highest BCUT2D eigenvalue weighted by Gasteiger charge is 2.20. The molecule has 0 unspecified atom stereocenters. The highest BCUT2D eigenvalue weighted by atomic mass is 14.9. The molecule has 2 nitrogen and oxygen atoms in total. The lowest BCUT2D eigenvalue weighted by Gasteiger charge is -2.28. The van der Waals surface area contributed by atoms with Crippen molar-refractivity contribution < 1.29 is 0 Å². The zero-order valence-corrected chi connectivity index (χ0v) is 11.9. The molecule has 2 N–H and O–H groups in total. The van der Waals surface area contributed by atoms with Crippen LogP contribution in [0.25, 0.3) is 0 Å². The monoisotopic (exact) mass is 240 g/mol. The molecule has 1 fully saturated rings. The second-order valence-corrected chi connectivity index (χ2v) is 5.59. The van der Waals surface area contributed by atoms with Crippen LogP contribution in [-0.2, 0) is 0 Å². The normalized spacial score (nSPS) is 25.1. The van der Waals surface area contributed by atoms with Gasteiger partial charge in [0.1, 0.15) is 0 Å². The minimum atomic E-state index is 0.953. The fraction of sp³-hybridized carbons (Fsp3) is 1.00. The van der Waals surface area contributed by atoms with E-state index in [1.807, 2.05) is 0 Å². The number of hydrogen-bond acceptors (Lipinski definition) is 2. The molecule has 0 aromatic rings. The summed E-state index contributed by atoms with van der Waals surface area (Å²) < 4.78 is 0. The molecule has 0 aliphatic heterocycles. The SMILES string of the molecule is CCCCC1CCC(CNCCNCC)CC1. The molecule has 0 amide bonds. The molecule has 0 bridgehead atoms. The first-order valence-corrected chi connectivity index (χ1v) is 7.78. The van der Waals surface area contributed by atoms with Crippen molar-refractivity contribution in [1.82, 2.24) is 10.6 Å². The minimum absolute atomic E-state index is 0.953. The lowest BCUT2D eigenvalue weighted by atomic mass is 9.80. The molecular formula is C15H32N2. The Labute approximate surface area is 108 Å². The molecule has 1 aliphatic carbocycles. The van der Waals surface area contributed by atoms with Crippen molar-refractivity contribution in [2.45, 2.75) is 58.8 Å². The van der Waals surface area contributed by atoms with Crippen LogP contribution < -0.4 is 10.6 Å². The second kappa shape index (κ2) is 9.90. The second-order valence-electron chi connectivity index (χ2n) is 5.59. The van der Waals surface area contributed by atoms with Gasteiger partial charge in [-0.15, -0.1) is 0 Å². The smallest absolute Gasteiger partial charge is 0.00768 e. The van der Waals surface area contributed by atoms with Crippen molar-refractivity contribution in [2.75, 3.05) is 26.2 Å². The van der Waals surface area contributed by atoms with Crippen LogP contribution in [-0.4, -0.2) is 26.2 Å². The van der Waals surface area contributed by atoms with Crippen LogP contribution in [0.15, 0.2) is 0 Å². The Morgan fingerprint density at radius 1 is 0.882 bits per heavy atom. The molecule has 1 aliphatic rings. The summed E-state index contributed by atoms with van der Waals surface area (Å²) in [4.78, 5) is 0. The quantitative estimate of drug-likeness (QED) is 0.605. The molecule has 1 saturated carbocycles. The largest absolute Gasteiger partial charge is 0.316 e. The van der Waals surface area contributed by atoms with Crippen LogP contribution in [0.1, 0.15) is 58.8 Å². The lowest BCUT2D eigenvalue weighted by molar-refractivity contribution is 0.254. The molecule has 2 heteroatoms. The van der Waals surface area contributed by atoms with Crippen LogP contribution in [0.4, 0.5) is 0 Å². The summed E-state index contributed by atoms with van der Waals surface area (Å²) in [5, 5.41) is 6.94. The third kappa shape index (κ3) is 7.05. The molecule has 0 aromatic carbocycles. The van der Waals surface area contributed by atoms with E-state index < -0.39 is 0 Å². The van der Waals surface area contributed by atoms with Gasteiger partial charge in [-0.2, -0.15) is 0 Å². The van der Waals surface area contributed by atoms with E-state index in [1.54, 1.807) is 0 Å². The minimum Gasteiger partial charge on any atom is -0.316 e. The van der Waals surface area contributed by atoms with Gasteiger partial charge >= 0.3 is 0 Å². The number of likely N-dealkylation sites (N-methyl/N-ethyl adjacent to an activating group) is 1. The van der Waals surface area contributed by atoms with Crippen LogP contribution in [0, 0.1) is 11.8 Å². The Hall–Kier alpha value is -0.0800. The van der Waals surface area contributed by atoms with Crippen molar-refractivity contribution in [3.63, 3.8) is 0 Å². The summed E-state index contributed by atoms with van der Waals surface area (Å²) in [6.07, 6.45) is 10.2. The molecule has 0 spiro atoms. The van der Waals surface area contributed by atoms with Gasteiger partial charge in [0, 0.05) is 13.1 Å². The maximum absolute atomic E-state index is 3.59. The van der Waals surface area contributed by atoms with Gasteiger partial charge in [-0.05, 0) is 37.8 Å².